The first-order valence-corrected chi connectivity index (χ1v) is 6.14. The maximum absolute atomic E-state index is 13.7. The predicted molar refractivity (Wildman–Crippen MR) is 72.7 cm³/mol. The van der Waals surface area contributed by atoms with Gasteiger partial charge < -0.3 is 10.1 Å². The normalized spacial score (nSPS) is 10.3. The Morgan fingerprint density at radius 3 is 2.79 bits per heavy atom. The number of halogens is 2. The Bertz CT molecular complexity index is 592. The van der Waals surface area contributed by atoms with Crippen LogP contribution in [0.25, 0.3) is 0 Å². The zero-order valence-electron chi connectivity index (χ0n) is 10.6. The SMILES string of the molecule is CCc1nc(Cl)cc(Nc2cc(OC)ccc2F)n1. The number of benzene rings is 1. The third-order valence-corrected chi connectivity index (χ3v) is 2.69. The Labute approximate surface area is 115 Å². The van der Waals surface area contributed by atoms with Gasteiger partial charge >= 0.3 is 0 Å². The molecule has 1 aromatic carbocycles. The van der Waals surface area contributed by atoms with Crippen molar-refractivity contribution in [3.63, 3.8) is 0 Å². The lowest BCUT2D eigenvalue weighted by Crippen LogP contribution is -2.01. The summed E-state index contributed by atoms with van der Waals surface area (Å²) in [4.78, 5) is 8.28. The molecule has 0 fully saturated rings. The van der Waals surface area contributed by atoms with Gasteiger partial charge in [-0.15, -0.1) is 0 Å². The fourth-order valence-electron chi connectivity index (χ4n) is 1.55. The molecule has 0 saturated heterocycles. The number of nitrogens with zero attached hydrogens (tertiary/aromatic N) is 2. The van der Waals surface area contributed by atoms with Crippen LogP contribution in [0.5, 0.6) is 5.75 Å². The van der Waals surface area contributed by atoms with E-state index in [0.29, 0.717) is 29.0 Å². The van der Waals surface area contributed by atoms with Crippen LogP contribution in [0.1, 0.15) is 12.7 Å². The summed E-state index contributed by atoms with van der Waals surface area (Å²) in [6.45, 7) is 1.92. The van der Waals surface area contributed by atoms with Gasteiger partial charge in [0.05, 0.1) is 12.8 Å². The van der Waals surface area contributed by atoms with Crippen molar-refractivity contribution in [3.8, 4) is 5.75 Å². The highest BCUT2D eigenvalue weighted by Crippen LogP contribution is 2.24. The van der Waals surface area contributed by atoms with E-state index < -0.39 is 5.82 Å². The van der Waals surface area contributed by atoms with E-state index in [1.54, 1.807) is 18.2 Å². The first kappa shape index (κ1) is 13.5. The Hall–Kier alpha value is -1.88. The van der Waals surface area contributed by atoms with Crippen LogP contribution >= 0.6 is 11.6 Å². The average Bonchev–Trinajstić information content (AvgIpc) is 2.40. The molecule has 100 valence electrons. The van der Waals surface area contributed by atoms with Gasteiger partial charge in [0.15, 0.2) is 0 Å². The number of ether oxygens (including phenoxy) is 1. The number of aryl methyl sites for hydroxylation is 1. The van der Waals surface area contributed by atoms with Crippen molar-refractivity contribution >= 4 is 23.1 Å². The van der Waals surface area contributed by atoms with Crippen molar-refractivity contribution in [1.29, 1.82) is 0 Å². The van der Waals surface area contributed by atoms with Crippen molar-refractivity contribution < 1.29 is 9.13 Å². The van der Waals surface area contributed by atoms with E-state index in [1.807, 2.05) is 6.92 Å². The Balaban J connectivity index is 2.32. The van der Waals surface area contributed by atoms with Gasteiger partial charge in [-0.3, -0.25) is 0 Å². The lowest BCUT2D eigenvalue weighted by molar-refractivity contribution is 0.414. The van der Waals surface area contributed by atoms with Crippen molar-refractivity contribution in [2.24, 2.45) is 0 Å². The molecule has 0 radical (unpaired) electrons. The lowest BCUT2D eigenvalue weighted by atomic mass is 10.3. The monoisotopic (exact) mass is 281 g/mol. The standard InChI is InChI=1S/C13H13ClFN3O/c1-3-12-17-11(14)7-13(18-12)16-10-6-8(19-2)4-5-9(10)15/h4-7H,3H2,1-2H3,(H,16,17,18). The molecule has 1 N–H and O–H groups in total. The molecule has 4 nitrogen and oxygen atoms in total. The summed E-state index contributed by atoms with van der Waals surface area (Å²) < 4.78 is 18.7. The third kappa shape index (κ3) is 3.32. The highest BCUT2D eigenvalue weighted by atomic mass is 35.5. The van der Waals surface area contributed by atoms with Crippen molar-refractivity contribution in [1.82, 2.24) is 9.97 Å². The summed E-state index contributed by atoms with van der Waals surface area (Å²) >= 11 is 5.88. The summed E-state index contributed by atoms with van der Waals surface area (Å²) in [5, 5.41) is 3.19. The number of aromatic nitrogens is 2. The Morgan fingerprint density at radius 1 is 1.32 bits per heavy atom. The number of nitrogens with one attached hydrogen (secondary N) is 1. The van der Waals surface area contributed by atoms with Crippen LogP contribution in [0.3, 0.4) is 0 Å². The molecular formula is C13H13ClFN3O. The Kier molecular flexibility index (Phi) is 4.16. The molecule has 0 unspecified atom stereocenters. The molecule has 0 aliphatic carbocycles. The van der Waals surface area contributed by atoms with Gasteiger partial charge in [-0.2, -0.15) is 0 Å². The van der Waals surface area contributed by atoms with Crippen molar-refractivity contribution in [2.45, 2.75) is 13.3 Å². The van der Waals surface area contributed by atoms with Gasteiger partial charge in [-0.05, 0) is 12.1 Å². The van der Waals surface area contributed by atoms with E-state index in [0.717, 1.165) is 0 Å². The molecule has 0 aliphatic rings. The number of anilines is 2. The van der Waals surface area contributed by atoms with Crippen LogP contribution in [0.2, 0.25) is 5.15 Å². The minimum Gasteiger partial charge on any atom is -0.497 e. The lowest BCUT2D eigenvalue weighted by Gasteiger charge is -2.09. The van der Waals surface area contributed by atoms with Crippen LogP contribution in [0.15, 0.2) is 24.3 Å². The van der Waals surface area contributed by atoms with E-state index in [9.17, 15) is 4.39 Å². The van der Waals surface area contributed by atoms with Crippen LogP contribution in [0, 0.1) is 5.82 Å². The smallest absolute Gasteiger partial charge is 0.146 e. The van der Waals surface area contributed by atoms with E-state index in [1.165, 1.54) is 13.2 Å². The molecule has 1 aromatic heterocycles. The van der Waals surface area contributed by atoms with Gasteiger partial charge in [-0.25, -0.2) is 14.4 Å². The van der Waals surface area contributed by atoms with Gasteiger partial charge in [-0.1, -0.05) is 18.5 Å². The second kappa shape index (κ2) is 5.84. The molecule has 0 spiro atoms. The van der Waals surface area contributed by atoms with E-state index in [2.05, 4.69) is 15.3 Å². The number of methoxy groups -OCH3 is 1. The summed E-state index contributed by atoms with van der Waals surface area (Å²) in [6.07, 6.45) is 0.649. The van der Waals surface area contributed by atoms with Crippen LogP contribution in [0.4, 0.5) is 15.9 Å². The topological polar surface area (TPSA) is 47.0 Å². The molecule has 0 bridgehead atoms. The van der Waals surface area contributed by atoms with Crippen molar-refractivity contribution in [3.05, 3.63) is 41.1 Å². The molecule has 0 saturated carbocycles. The summed E-state index contributed by atoms with van der Waals surface area (Å²) in [5.74, 6) is 1.20. The van der Waals surface area contributed by atoms with E-state index in [4.69, 9.17) is 16.3 Å². The summed E-state index contributed by atoms with van der Waals surface area (Å²) in [7, 11) is 1.52. The second-order valence-electron chi connectivity index (χ2n) is 3.82. The van der Waals surface area contributed by atoms with Gasteiger partial charge in [0.25, 0.3) is 0 Å². The predicted octanol–water partition coefficient (Wildman–Crippen LogP) is 3.58. The molecule has 0 amide bonds. The third-order valence-electron chi connectivity index (χ3n) is 2.49. The van der Waals surface area contributed by atoms with Crippen LogP contribution in [-0.2, 0) is 6.42 Å². The van der Waals surface area contributed by atoms with Gasteiger partial charge in [0.1, 0.15) is 28.4 Å². The number of hydrogen-bond acceptors (Lipinski definition) is 4. The first-order valence-electron chi connectivity index (χ1n) is 5.76. The largest absolute Gasteiger partial charge is 0.497 e. The van der Waals surface area contributed by atoms with Crippen LogP contribution < -0.4 is 10.1 Å². The van der Waals surface area contributed by atoms with Gasteiger partial charge in [0, 0.05) is 18.6 Å². The zero-order chi connectivity index (χ0) is 13.8. The fraction of sp³-hybridized carbons (Fsp3) is 0.231. The number of rotatable bonds is 4. The zero-order valence-corrected chi connectivity index (χ0v) is 11.3. The Morgan fingerprint density at radius 2 is 2.11 bits per heavy atom. The van der Waals surface area contributed by atoms with E-state index in [-0.39, 0.29) is 5.69 Å². The molecule has 6 heteroatoms. The quantitative estimate of drug-likeness (QED) is 0.870. The van der Waals surface area contributed by atoms with Crippen LogP contribution in [-0.4, -0.2) is 17.1 Å². The molecule has 2 aromatic rings. The molecule has 0 aliphatic heterocycles. The first-order chi connectivity index (χ1) is 9.12. The van der Waals surface area contributed by atoms with E-state index >= 15 is 0 Å². The summed E-state index contributed by atoms with van der Waals surface area (Å²) in [5.41, 5.74) is 0.274. The minimum atomic E-state index is -0.395. The maximum Gasteiger partial charge on any atom is 0.146 e. The molecule has 19 heavy (non-hydrogen) atoms. The molecule has 1 heterocycles. The maximum atomic E-state index is 13.7. The molecular weight excluding hydrogens is 269 g/mol. The second-order valence-corrected chi connectivity index (χ2v) is 4.20. The summed E-state index contributed by atoms with van der Waals surface area (Å²) in [6, 6.07) is 5.96. The fourth-order valence-corrected chi connectivity index (χ4v) is 1.75. The highest BCUT2D eigenvalue weighted by Gasteiger charge is 2.07. The van der Waals surface area contributed by atoms with Gasteiger partial charge in [0.2, 0.25) is 0 Å². The van der Waals surface area contributed by atoms with Crippen molar-refractivity contribution in [2.75, 3.05) is 12.4 Å². The molecule has 2 rings (SSSR count). The minimum absolute atomic E-state index is 0.274. The highest BCUT2D eigenvalue weighted by molar-refractivity contribution is 6.29. The average molecular weight is 282 g/mol. The number of hydrogen-bond donors (Lipinski definition) is 1. The molecule has 0 atom stereocenters.